The minimum Gasteiger partial charge on any atom is -0.478 e. The van der Waals surface area contributed by atoms with Crippen molar-refractivity contribution >= 4 is 23.0 Å². The Morgan fingerprint density at radius 2 is 1.86 bits per heavy atom. The molecule has 0 radical (unpaired) electrons. The van der Waals surface area contributed by atoms with Gasteiger partial charge in [-0.1, -0.05) is 0 Å². The molecule has 0 aromatic heterocycles. The molecule has 0 unspecified atom stereocenters. The molecule has 6 nitrogen and oxygen atoms in total. The van der Waals surface area contributed by atoms with Crippen LogP contribution in [-0.2, 0) is 0 Å². The molecule has 0 fully saturated rings. The van der Waals surface area contributed by atoms with Gasteiger partial charge in [0, 0.05) is 17.4 Å². The first-order chi connectivity index (χ1) is 9.86. The van der Waals surface area contributed by atoms with Crippen LogP contribution in [0.25, 0.3) is 0 Å². The third kappa shape index (κ3) is 3.30. The topological polar surface area (TPSA) is 92.5 Å². The third-order valence-electron chi connectivity index (χ3n) is 2.58. The number of carbonyl (C=O) groups is 1. The second-order valence-electron chi connectivity index (χ2n) is 4.08. The van der Waals surface area contributed by atoms with Gasteiger partial charge in [-0.25, -0.2) is 13.6 Å². The van der Waals surface area contributed by atoms with Crippen molar-refractivity contribution < 1.29 is 23.6 Å². The summed E-state index contributed by atoms with van der Waals surface area (Å²) in [5.41, 5.74) is -0.785. The molecule has 0 aliphatic rings. The molecule has 2 aromatic rings. The number of benzene rings is 2. The average molecular weight is 294 g/mol. The van der Waals surface area contributed by atoms with E-state index < -0.39 is 33.8 Å². The summed E-state index contributed by atoms with van der Waals surface area (Å²) in [5, 5.41) is 21.9. The molecule has 0 bridgehead atoms. The van der Waals surface area contributed by atoms with E-state index in [-0.39, 0.29) is 11.4 Å². The van der Waals surface area contributed by atoms with Crippen LogP contribution in [0, 0.1) is 21.7 Å². The number of carboxylic acids is 1. The Kier molecular flexibility index (Phi) is 3.79. The maximum absolute atomic E-state index is 13.5. The number of hydrogen-bond acceptors (Lipinski definition) is 4. The van der Waals surface area contributed by atoms with E-state index in [0.717, 1.165) is 30.3 Å². The quantitative estimate of drug-likeness (QED) is 0.666. The number of anilines is 2. The second-order valence-corrected chi connectivity index (χ2v) is 4.08. The SMILES string of the molecule is O=C(O)c1ccc(Nc2cc(F)cc([N+](=O)[O-])c2)cc1F. The molecule has 0 aliphatic carbocycles. The fourth-order valence-corrected chi connectivity index (χ4v) is 1.68. The molecule has 0 saturated carbocycles. The van der Waals surface area contributed by atoms with Crippen molar-refractivity contribution in [3.8, 4) is 0 Å². The molecule has 0 aliphatic heterocycles. The van der Waals surface area contributed by atoms with Gasteiger partial charge in [-0.05, 0) is 24.3 Å². The van der Waals surface area contributed by atoms with Crippen molar-refractivity contribution in [1.82, 2.24) is 0 Å². The molecule has 0 saturated heterocycles. The van der Waals surface area contributed by atoms with Crippen LogP contribution in [0.5, 0.6) is 0 Å². The van der Waals surface area contributed by atoms with Crippen LogP contribution in [0.15, 0.2) is 36.4 Å². The van der Waals surface area contributed by atoms with E-state index >= 15 is 0 Å². The molecule has 2 aromatic carbocycles. The van der Waals surface area contributed by atoms with Crippen molar-refractivity contribution in [2.75, 3.05) is 5.32 Å². The van der Waals surface area contributed by atoms with Crippen LogP contribution >= 0.6 is 0 Å². The highest BCUT2D eigenvalue weighted by Crippen LogP contribution is 2.24. The van der Waals surface area contributed by atoms with Gasteiger partial charge in [0.25, 0.3) is 5.69 Å². The van der Waals surface area contributed by atoms with Crippen molar-refractivity contribution in [3.63, 3.8) is 0 Å². The van der Waals surface area contributed by atoms with Crippen molar-refractivity contribution in [2.24, 2.45) is 0 Å². The van der Waals surface area contributed by atoms with Crippen LogP contribution in [-0.4, -0.2) is 16.0 Å². The van der Waals surface area contributed by atoms with E-state index in [9.17, 15) is 23.7 Å². The average Bonchev–Trinajstić information content (AvgIpc) is 2.37. The summed E-state index contributed by atoms with van der Waals surface area (Å²) >= 11 is 0. The number of nitrogens with zero attached hydrogens (tertiary/aromatic N) is 1. The lowest BCUT2D eigenvalue weighted by atomic mass is 10.2. The highest BCUT2D eigenvalue weighted by Gasteiger charge is 2.12. The van der Waals surface area contributed by atoms with Crippen LogP contribution in [0.3, 0.4) is 0 Å². The first-order valence-corrected chi connectivity index (χ1v) is 5.61. The number of carboxylic acid groups (broad SMARTS) is 1. The summed E-state index contributed by atoms with van der Waals surface area (Å²) in [4.78, 5) is 20.5. The van der Waals surface area contributed by atoms with Crippen molar-refractivity contribution in [3.05, 3.63) is 63.7 Å². The highest BCUT2D eigenvalue weighted by atomic mass is 19.1. The van der Waals surface area contributed by atoms with Gasteiger partial charge < -0.3 is 10.4 Å². The standard InChI is InChI=1S/C13H8F2N2O4/c14-7-3-9(5-10(4-7)17(20)21)16-8-1-2-11(13(18)19)12(15)6-8/h1-6,16H,(H,18,19). The van der Waals surface area contributed by atoms with Crippen LogP contribution in [0.1, 0.15) is 10.4 Å². The molecule has 0 heterocycles. The third-order valence-corrected chi connectivity index (χ3v) is 2.58. The number of nitrogens with one attached hydrogen (secondary N) is 1. The normalized spacial score (nSPS) is 10.2. The zero-order chi connectivity index (χ0) is 15.6. The van der Waals surface area contributed by atoms with Gasteiger partial charge >= 0.3 is 5.97 Å². The van der Waals surface area contributed by atoms with Gasteiger partial charge in [-0.3, -0.25) is 10.1 Å². The number of nitro benzene ring substituents is 1. The molecule has 21 heavy (non-hydrogen) atoms. The lowest BCUT2D eigenvalue weighted by molar-refractivity contribution is -0.385. The minimum atomic E-state index is -1.42. The van der Waals surface area contributed by atoms with Crippen LogP contribution in [0.2, 0.25) is 0 Å². The van der Waals surface area contributed by atoms with Gasteiger partial charge in [-0.15, -0.1) is 0 Å². The Morgan fingerprint density at radius 1 is 1.14 bits per heavy atom. The maximum Gasteiger partial charge on any atom is 0.338 e. The summed E-state index contributed by atoms with van der Waals surface area (Å²) in [7, 11) is 0. The van der Waals surface area contributed by atoms with Crippen LogP contribution in [0.4, 0.5) is 25.8 Å². The molecule has 0 spiro atoms. The molecular weight excluding hydrogens is 286 g/mol. The fourth-order valence-electron chi connectivity index (χ4n) is 1.68. The van der Waals surface area contributed by atoms with E-state index in [1.807, 2.05) is 0 Å². The molecule has 2 N–H and O–H groups in total. The number of halogens is 2. The second kappa shape index (κ2) is 5.53. The van der Waals surface area contributed by atoms with Crippen LogP contribution < -0.4 is 5.32 Å². The van der Waals surface area contributed by atoms with Gasteiger partial charge in [0.05, 0.1) is 16.6 Å². The fraction of sp³-hybridized carbons (Fsp3) is 0. The molecule has 108 valence electrons. The minimum absolute atomic E-state index is 0.0455. The molecule has 2 rings (SSSR count). The molecule has 0 amide bonds. The lowest BCUT2D eigenvalue weighted by Crippen LogP contribution is -2.01. The smallest absolute Gasteiger partial charge is 0.338 e. The van der Waals surface area contributed by atoms with Crippen molar-refractivity contribution in [2.45, 2.75) is 0 Å². The first kappa shape index (κ1) is 14.4. The summed E-state index contributed by atoms with van der Waals surface area (Å²) in [6, 6.07) is 6.03. The van der Waals surface area contributed by atoms with E-state index in [1.54, 1.807) is 0 Å². The Bertz CT molecular complexity index is 734. The lowest BCUT2D eigenvalue weighted by Gasteiger charge is -2.07. The predicted octanol–water partition coefficient (Wildman–Crippen LogP) is 3.31. The Hall–Kier alpha value is -3.03. The van der Waals surface area contributed by atoms with Gasteiger partial charge in [0.1, 0.15) is 11.6 Å². The number of non-ortho nitro benzene ring substituents is 1. The maximum atomic E-state index is 13.5. The molecular formula is C13H8F2N2O4. The van der Waals surface area contributed by atoms with Crippen molar-refractivity contribution in [1.29, 1.82) is 0 Å². The summed E-state index contributed by atoms with van der Waals surface area (Å²) in [6.07, 6.45) is 0. The van der Waals surface area contributed by atoms with E-state index in [0.29, 0.717) is 0 Å². The Balaban J connectivity index is 2.32. The van der Waals surface area contributed by atoms with Gasteiger partial charge in [0.2, 0.25) is 0 Å². The Labute approximate surface area is 116 Å². The number of aromatic carboxylic acids is 1. The predicted molar refractivity (Wildman–Crippen MR) is 69.7 cm³/mol. The molecule has 8 heteroatoms. The highest BCUT2D eigenvalue weighted by molar-refractivity contribution is 5.88. The summed E-state index contributed by atoms with van der Waals surface area (Å²) in [5.74, 6) is -3.21. The van der Waals surface area contributed by atoms with Gasteiger partial charge in [-0.2, -0.15) is 0 Å². The largest absolute Gasteiger partial charge is 0.478 e. The van der Waals surface area contributed by atoms with E-state index in [2.05, 4.69) is 5.32 Å². The number of rotatable bonds is 4. The van der Waals surface area contributed by atoms with E-state index in [4.69, 9.17) is 5.11 Å². The van der Waals surface area contributed by atoms with E-state index in [1.165, 1.54) is 6.07 Å². The zero-order valence-electron chi connectivity index (χ0n) is 10.3. The molecule has 0 atom stereocenters. The zero-order valence-corrected chi connectivity index (χ0v) is 10.3. The monoisotopic (exact) mass is 294 g/mol. The summed E-state index contributed by atoms with van der Waals surface area (Å²) < 4.78 is 26.7. The number of nitro groups is 1. The Morgan fingerprint density at radius 3 is 2.43 bits per heavy atom. The summed E-state index contributed by atoms with van der Waals surface area (Å²) in [6.45, 7) is 0. The number of hydrogen-bond donors (Lipinski definition) is 2. The van der Waals surface area contributed by atoms with Gasteiger partial charge in [0.15, 0.2) is 0 Å². The first-order valence-electron chi connectivity index (χ1n) is 5.61.